The summed E-state index contributed by atoms with van der Waals surface area (Å²) >= 11 is 0. The Kier molecular flexibility index (Phi) is 7.94. The van der Waals surface area contributed by atoms with E-state index < -0.39 is 5.91 Å². The number of morpholine rings is 1. The van der Waals surface area contributed by atoms with E-state index in [0.29, 0.717) is 54.7 Å². The molecule has 0 radical (unpaired) electrons. The minimum absolute atomic E-state index is 0.139. The van der Waals surface area contributed by atoms with Crippen molar-refractivity contribution in [2.24, 2.45) is 0 Å². The predicted molar refractivity (Wildman–Crippen MR) is 148 cm³/mol. The standard InChI is InChI=1S/C29H28N6O5/c1-19-3-7-22(8-4-19)35-26(36)17-20(2)27(32-35)29(38)31-21-5-9-23(10-6-21)40-24-11-12-30-25(18-24)28(37)33-34-13-15-39-16-14-34/h3-12,17-18H,13-16H2,1-2H3,(H,31,38)(H,33,37). The third-order valence-corrected chi connectivity index (χ3v) is 6.20. The van der Waals surface area contributed by atoms with Gasteiger partial charge in [0.1, 0.15) is 17.2 Å². The number of aryl methyl sites for hydroxylation is 2. The lowest BCUT2D eigenvalue weighted by Crippen LogP contribution is -2.48. The first-order valence-corrected chi connectivity index (χ1v) is 12.7. The van der Waals surface area contributed by atoms with E-state index in [1.165, 1.54) is 16.9 Å². The zero-order valence-corrected chi connectivity index (χ0v) is 22.1. The summed E-state index contributed by atoms with van der Waals surface area (Å²) in [7, 11) is 0. The molecule has 11 nitrogen and oxygen atoms in total. The van der Waals surface area contributed by atoms with Gasteiger partial charge in [0.05, 0.1) is 18.9 Å². The van der Waals surface area contributed by atoms with Crippen molar-refractivity contribution in [2.45, 2.75) is 13.8 Å². The number of anilines is 1. The summed E-state index contributed by atoms with van der Waals surface area (Å²) in [5.41, 5.74) is 5.47. The molecular weight excluding hydrogens is 512 g/mol. The quantitative estimate of drug-likeness (QED) is 0.366. The molecule has 1 fully saturated rings. The smallest absolute Gasteiger partial charge is 0.284 e. The van der Waals surface area contributed by atoms with E-state index in [9.17, 15) is 14.4 Å². The highest BCUT2D eigenvalue weighted by Crippen LogP contribution is 2.23. The fourth-order valence-corrected chi connectivity index (χ4v) is 4.05. The molecule has 0 aliphatic carbocycles. The maximum Gasteiger partial charge on any atom is 0.284 e. The van der Waals surface area contributed by atoms with Crippen molar-refractivity contribution >= 4 is 17.5 Å². The number of nitrogens with zero attached hydrogens (tertiary/aromatic N) is 4. The monoisotopic (exact) mass is 540 g/mol. The highest BCUT2D eigenvalue weighted by Gasteiger charge is 2.17. The van der Waals surface area contributed by atoms with Gasteiger partial charge in [-0.25, -0.2) is 5.01 Å². The minimum Gasteiger partial charge on any atom is -0.457 e. The molecule has 0 bridgehead atoms. The molecule has 11 heteroatoms. The number of rotatable bonds is 7. The van der Waals surface area contributed by atoms with Crippen LogP contribution in [-0.2, 0) is 4.74 Å². The summed E-state index contributed by atoms with van der Waals surface area (Å²) in [6.45, 7) is 5.95. The number of carbonyl (C=O) groups excluding carboxylic acids is 2. The number of ether oxygens (including phenoxy) is 2. The molecule has 1 aliphatic heterocycles. The van der Waals surface area contributed by atoms with Crippen LogP contribution in [0.1, 0.15) is 32.1 Å². The molecule has 0 unspecified atom stereocenters. The van der Waals surface area contributed by atoms with Gasteiger partial charge in [-0.3, -0.25) is 24.8 Å². The molecule has 0 spiro atoms. The van der Waals surface area contributed by atoms with Gasteiger partial charge >= 0.3 is 0 Å². The highest BCUT2D eigenvalue weighted by molar-refractivity contribution is 6.03. The zero-order chi connectivity index (χ0) is 28.1. The Bertz CT molecular complexity index is 1580. The number of hydrogen-bond acceptors (Lipinski definition) is 8. The van der Waals surface area contributed by atoms with Crippen LogP contribution in [0.15, 0.2) is 77.7 Å². The third kappa shape index (κ3) is 6.40. The van der Waals surface area contributed by atoms with Crippen LogP contribution in [-0.4, -0.2) is 57.9 Å². The van der Waals surface area contributed by atoms with E-state index >= 15 is 0 Å². The van der Waals surface area contributed by atoms with Gasteiger partial charge in [-0.2, -0.15) is 9.78 Å². The van der Waals surface area contributed by atoms with E-state index in [1.807, 2.05) is 19.1 Å². The number of aromatic nitrogens is 3. The van der Waals surface area contributed by atoms with Crippen LogP contribution in [0.5, 0.6) is 11.5 Å². The molecule has 2 aromatic heterocycles. The Labute approximate surface area is 230 Å². The third-order valence-electron chi connectivity index (χ3n) is 6.20. The van der Waals surface area contributed by atoms with Crippen LogP contribution < -0.4 is 21.0 Å². The van der Waals surface area contributed by atoms with Crippen LogP contribution in [0.4, 0.5) is 5.69 Å². The number of amides is 2. The molecule has 2 aromatic carbocycles. The van der Waals surface area contributed by atoms with Crippen LogP contribution in [0.25, 0.3) is 5.69 Å². The molecule has 1 saturated heterocycles. The average Bonchev–Trinajstić information content (AvgIpc) is 2.95. The van der Waals surface area contributed by atoms with Crippen molar-refractivity contribution < 1.29 is 19.1 Å². The van der Waals surface area contributed by atoms with Gasteiger partial charge in [-0.1, -0.05) is 17.7 Å². The van der Waals surface area contributed by atoms with Crippen LogP contribution in [0.2, 0.25) is 0 Å². The van der Waals surface area contributed by atoms with E-state index in [2.05, 4.69) is 20.8 Å². The number of benzene rings is 2. The van der Waals surface area contributed by atoms with Crippen LogP contribution in [0, 0.1) is 13.8 Å². The molecule has 0 saturated carbocycles. The summed E-state index contributed by atoms with van der Waals surface area (Å²) in [6.07, 6.45) is 1.50. The van der Waals surface area contributed by atoms with Crippen molar-refractivity contribution in [2.75, 3.05) is 31.6 Å². The van der Waals surface area contributed by atoms with E-state index in [0.717, 1.165) is 5.56 Å². The number of carbonyl (C=O) groups is 2. The van der Waals surface area contributed by atoms with Gasteiger partial charge in [0.25, 0.3) is 17.4 Å². The lowest BCUT2D eigenvalue weighted by Gasteiger charge is -2.26. The SMILES string of the molecule is Cc1ccc(-n2nc(C(=O)Nc3ccc(Oc4ccnc(C(=O)NN5CCOCC5)c4)cc3)c(C)cc2=O)cc1. The first-order valence-electron chi connectivity index (χ1n) is 12.7. The zero-order valence-electron chi connectivity index (χ0n) is 22.1. The van der Waals surface area contributed by atoms with Crippen molar-refractivity contribution in [3.8, 4) is 17.2 Å². The topological polar surface area (TPSA) is 128 Å². The molecule has 2 amide bonds. The van der Waals surface area contributed by atoms with Gasteiger partial charge < -0.3 is 14.8 Å². The van der Waals surface area contributed by atoms with Gasteiger partial charge in [0.15, 0.2) is 5.69 Å². The lowest BCUT2D eigenvalue weighted by molar-refractivity contribution is 0.0124. The van der Waals surface area contributed by atoms with Crippen molar-refractivity contribution in [1.29, 1.82) is 0 Å². The largest absolute Gasteiger partial charge is 0.457 e. The molecule has 1 aliphatic rings. The number of pyridine rings is 1. The van der Waals surface area contributed by atoms with Gasteiger partial charge in [-0.05, 0) is 61.9 Å². The number of nitrogens with one attached hydrogen (secondary N) is 2. The second-order valence-electron chi connectivity index (χ2n) is 9.26. The van der Waals surface area contributed by atoms with Crippen molar-refractivity contribution in [1.82, 2.24) is 25.2 Å². The Morgan fingerprint density at radius 2 is 1.62 bits per heavy atom. The van der Waals surface area contributed by atoms with Gasteiger partial charge in [-0.15, -0.1) is 0 Å². The molecule has 204 valence electrons. The number of hydrogen-bond donors (Lipinski definition) is 2. The van der Waals surface area contributed by atoms with E-state index in [-0.39, 0.29) is 22.9 Å². The Hall–Kier alpha value is -4.87. The molecule has 3 heterocycles. The molecule has 4 aromatic rings. The predicted octanol–water partition coefficient (Wildman–Crippen LogP) is 3.27. The molecule has 5 rings (SSSR count). The van der Waals surface area contributed by atoms with Gasteiger partial charge in [0.2, 0.25) is 0 Å². The van der Waals surface area contributed by atoms with Gasteiger partial charge in [0, 0.05) is 37.1 Å². The van der Waals surface area contributed by atoms with E-state index in [4.69, 9.17) is 9.47 Å². The minimum atomic E-state index is -0.447. The normalized spacial score (nSPS) is 13.4. The molecule has 40 heavy (non-hydrogen) atoms. The van der Waals surface area contributed by atoms with E-state index in [1.54, 1.807) is 60.5 Å². The summed E-state index contributed by atoms with van der Waals surface area (Å²) in [4.78, 5) is 42.2. The fourth-order valence-electron chi connectivity index (χ4n) is 4.05. The summed E-state index contributed by atoms with van der Waals surface area (Å²) < 4.78 is 12.4. The summed E-state index contributed by atoms with van der Waals surface area (Å²) in [5.74, 6) is 0.170. The maximum absolute atomic E-state index is 13.0. The average molecular weight is 541 g/mol. The first-order chi connectivity index (χ1) is 19.4. The Morgan fingerprint density at radius 3 is 2.35 bits per heavy atom. The Balaban J connectivity index is 1.24. The van der Waals surface area contributed by atoms with Crippen molar-refractivity contribution in [3.63, 3.8) is 0 Å². The lowest BCUT2D eigenvalue weighted by atomic mass is 10.2. The Morgan fingerprint density at radius 1 is 0.900 bits per heavy atom. The van der Waals surface area contributed by atoms with Crippen molar-refractivity contribution in [3.05, 3.63) is 106 Å². The molecule has 0 atom stereocenters. The molecule has 2 N–H and O–H groups in total. The number of hydrazine groups is 1. The summed E-state index contributed by atoms with van der Waals surface area (Å²) in [5, 5.41) is 8.93. The second kappa shape index (κ2) is 11.9. The fraction of sp³-hybridized carbons (Fsp3) is 0.207. The second-order valence-corrected chi connectivity index (χ2v) is 9.26. The van der Waals surface area contributed by atoms with Crippen LogP contribution in [0.3, 0.4) is 0 Å². The highest BCUT2D eigenvalue weighted by atomic mass is 16.5. The molecular formula is C29H28N6O5. The summed E-state index contributed by atoms with van der Waals surface area (Å²) in [6, 6.07) is 18.7. The maximum atomic E-state index is 13.0. The van der Waals surface area contributed by atoms with Crippen LogP contribution >= 0.6 is 0 Å². The first kappa shape index (κ1) is 26.7.